The molecule has 6 nitrogen and oxygen atoms in total. The predicted octanol–water partition coefficient (Wildman–Crippen LogP) is 2.28. The summed E-state index contributed by atoms with van der Waals surface area (Å²) in [7, 11) is 0. The van der Waals surface area contributed by atoms with E-state index in [0.29, 0.717) is 18.1 Å². The van der Waals surface area contributed by atoms with Gasteiger partial charge < -0.3 is 10.7 Å². The summed E-state index contributed by atoms with van der Waals surface area (Å²) in [6.07, 6.45) is 0.757. The molecular weight excluding hydrogens is 326 g/mol. The SMILES string of the molecule is Cc1cccc(CN2CCc3nc(-c4ccc(N)cc4)[nH]c(=O)c3C2)n1. The zero-order valence-corrected chi connectivity index (χ0v) is 14.7. The summed E-state index contributed by atoms with van der Waals surface area (Å²) in [4.78, 5) is 27.0. The second-order valence-corrected chi connectivity index (χ2v) is 6.69. The molecule has 0 amide bonds. The van der Waals surface area contributed by atoms with Gasteiger partial charge in [-0.1, -0.05) is 6.07 Å². The van der Waals surface area contributed by atoms with Gasteiger partial charge in [0.2, 0.25) is 0 Å². The molecule has 1 aliphatic heterocycles. The number of anilines is 1. The highest BCUT2D eigenvalue weighted by atomic mass is 16.1. The van der Waals surface area contributed by atoms with E-state index in [1.165, 1.54) is 0 Å². The Labute approximate surface area is 151 Å². The number of pyridine rings is 1. The average molecular weight is 347 g/mol. The molecule has 132 valence electrons. The fourth-order valence-electron chi connectivity index (χ4n) is 3.31. The van der Waals surface area contributed by atoms with E-state index in [2.05, 4.69) is 14.9 Å². The summed E-state index contributed by atoms with van der Waals surface area (Å²) >= 11 is 0. The molecule has 2 aromatic heterocycles. The van der Waals surface area contributed by atoms with Gasteiger partial charge >= 0.3 is 0 Å². The Kier molecular flexibility index (Phi) is 4.26. The third-order valence-electron chi connectivity index (χ3n) is 4.66. The number of H-pyrrole nitrogens is 1. The zero-order valence-electron chi connectivity index (χ0n) is 14.7. The Balaban J connectivity index is 1.58. The third kappa shape index (κ3) is 3.36. The van der Waals surface area contributed by atoms with Crippen molar-refractivity contribution in [1.82, 2.24) is 19.9 Å². The van der Waals surface area contributed by atoms with E-state index in [4.69, 9.17) is 10.7 Å². The highest BCUT2D eigenvalue weighted by Crippen LogP contribution is 2.20. The smallest absolute Gasteiger partial charge is 0.255 e. The Morgan fingerprint density at radius 3 is 2.73 bits per heavy atom. The van der Waals surface area contributed by atoms with Crippen molar-refractivity contribution in [3.63, 3.8) is 0 Å². The lowest BCUT2D eigenvalue weighted by molar-refractivity contribution is 0.239. The molecule has 0 atom stereocenters. The highest BCUT2D eigenvalue weighted by Gasteiger charge is 2.21. The Morgan fingerprint density at radius 1 is 1.15 bits per heavy atom. The van der Waals surface area contributed by atoms with E-state index in [1.54, 1.807) is 0 Å². The van der Waals surface area contributed by atoms with Crippen LogP contribution in [0.1, 0.15) is 22.6 Å². The van der Waals surface area contributed by atoms with Crippen LogP contribution in [0.4, 0.5) is 5.69 Å². The van der Waals surface area contributed by atoms with Crippen LogP contribution in [0, 0.1) is 6.92 Å². The monoisotopic (exact) mass is 347 g/mol. The minimum atomic E-state index is -0.0660. The van der Waals surface area contributed by atoms with Gasteiger partial charge in [-0.3, -0.25) is 14.7 Å². The van der Waals surface area contributed by atoms with Crippen LogP contribution in [0.5, 0.6) is 0 Å². The normalized spacial score (nSPS) is 14.2. The van der Waals surface area contributed by atoms with E-state index < -0.39 is 0 Å². The summed E-state index contributed by atoms with van der Waals surface area (Å²) in [5.41, 5.74) is 10.9. The number of rotatable bonds is 3. The number of benzene rings is 1. The third-order valence-corrected chi connectivity index (χ3v) is 4.66. The Bertz CT molecular complexity index is 994. The molecule has 0 aliphatic carbocycles. The van der Waals surface area contributed by atoms with Gasteiger partial charge in [-0.25, -0.2) is 4.98 Å². The summed E-state index contributed by atoms with van der Waals surface area (Å²) in [5, 5.41) is 0. The van der Waals surface area contributed by atoms with Gasteiger partial charge in [-0.2, -0.15) is 0 Å². The van der Waals surface area contributed by atoms with Crippen molar-refractivity contribution in [2.75, 3.05) is 12.3 Å². The van der Waals surface area contributed by atoms with Crippen molar-refractivity contribution in [3.8, 4) is 11.4 Å². The van der Waals surface area contributed by atoms with Gasteiger partial charge in [0.15, 0.2) is 0 Å². The van der Waals surface area contributed by atoms with E-state index >= 15 is 0 Å². The number of fused-ring (bicyclic) bond motifs is 1. The lowest BCUT2D eigenvalue weighted by atomic mass is 10.1. The largest absolute Gasteiger partial charge is 0.399 e. The minimum Gasteiger partial charge on any atom is -0.399 e. The first kappa shape index (κ1) is 16.5. The van der Waals surface area contributed by atoms with Gasteiger partial charge in [-0.15, -0.1) is 0 Å². The van der Waals surface area contributed by atoms with Gasteiger partial charge in [0, 0.05) is 43.0 Å². The number of aryl methyl sites for hydroxylation is 1. The number of hydrogen-bond acceptors (Lipinski definition) is 5. The predicted molar refractivity (Wildman–Crippen MR) is 101 cm³/mol. The van der Waals surface area contributed by atoms with Crippen LogP contribution in [0.3, 0.4) is 0 Å². The fourth-order valence-corrected chi connectivity index (χ4v) is 3.31. The van der Waals surface area contributed by atoms with Gasteiger partial charge in [0.1, 0.15) is 5.82 Å². The van der Waals surface area contributed by atoms with Crippen LogP contribution in [0.25, 0.3) is 11.4 Å². The first-order valence-corrected chi connectivity index (χ1v) is 8.71. The molecule has 0 radical (unpaired) electrons. The van der Waals surface area contributed by atoms with E-state index in [-0.39, 0.29) is 5.56 Å². The van der Waals surface area contributed by atoms with Crippen LogP contribution in [0.15, 0.2) is 47.3 Å². The van der Waals surface area contributed by atoms with Crippen molar-refractivity contribution < 1.29 is 0 Å². The molecule has 3 N–H and O–H groups in total. The number of nitrogens with zero attached hydrogens (tertiary/aromatic N) is 3. The van der Waals surface area contributed by atoms with Crippen molar-refractivity contribution in [2.24, 2.45) is 0 Å². The van der Waals surface area contributed by atoms with Crippen LogP contribution < -0.4 is 11.3 Å². The second-order valence-electron chi connectivity index (χ2n) is 6.69. The molecule has 3 aromatic rings. The maximum absolute atomic E-state index is 12.6. The molecule has 3 heterocycles. The van der Waals surface area contributed by atoms with Crippen molar-refractivity contribution >= 4 is 5.69 Å². The average Bonchev–Trinajstić information content (AvgIpc) is 2.63. The van der Waals surface area contributed by atoms with Crippen molar-refractivity contribution in [3.05, 3.63) is 75.5 Å². The molecule has 0 unspecified atom stereocenters. The number of nitrogens with two attached hydrogens (primary N) is 1. The number of hydrogen-bond donors (Lipinski definition) is 2. The topological polar surface area (TPSA) is 87.9 Å². The van der Waals surface area contributed by atoms with Crippen molar-refractivity contribution in [2.45, 2.75) is 26.4 Å². The van der Waals surface area contributed by atoms with Crippen LogP contribution in [-0.4, -0.2) is 26.4 Å². The second kappa shape index (κ2) is 6.72. The van der Waals surface area contributed by atoms with Crippen LogP contribution in [0.2, 0.25) is 0 Å². The molecule has 4 rings (SSSR count). The van der Waals surface area contributed by atoms with Crippen molar-refractivity contribution in [1.29, 1.82) is 0 Å². The first-order chi connectivity index (χ1) is 12.6. The molecule has 0 fully saturated rings. The molecule has 0 saturated carbocycles. The molecule has 0 saturated heterocycles. The van der Waals surface area contributed by atoms with Gasteiger partial charge in [0.25, 0.3) is 5.56 Å². The molecule has 1 aliphatic rings. The number of nitrogen functional groups attached to an aromatic ring is 1. The Hall–Kier alpha value is -2.99. The number of aromatic nitrogens is 3. The molecule has 26 heavy (non-hydrogen) atoms. The maximum atomic E-state index is 12.6. The van der Waals surface area contributed by atoms with E-state index in [1.807, 2.05) is 49.4 Å². The Morgan fingerprint density at radius 2 is 1.96 bits per heavy atom. The number of aromatic amines is 1. The van der Waals surface area contributed by atoms with E-state index in [9.17, 15) is 4.79 Å². The summed E-state index contributed by atoms with van der Waals surface area (Å²) in [6.45, 7) is 4.18. The highest BCUT2D eigenvalue weighted by molar-refractivity contribution is 5.58. The van der Waals surface area contributed by atoms with Gasteiger partial charge in [0.05, 0.1) is 17.0 Å². The summed E-state index contributed by atoms with van der Waals surface area (Å²) in [5.74, 6) is 0.600. The molecule has 6 heteroatoms. The molecule has 0 spiro atoms. The van der Waals surface area contributed by atoms with E-state index in [0.717, 1.165) is 47.7 Å². The standard InChI is InChI=1S/C20H21N5O/c1-13-3-2-4-16(22-13)11-25-10-9-18-17(12-25)20(26)24-19(23-18)14-5-7-15(21)8-6-14/h2-8H,9-12,21H2,1H3,(H,23,24,26). The molecule has 1 aromatic carbocycles. The van der Waals surface area contributed by atoms with Crippen LogP contribution in [-0.2, 0) is 19.5 Å². The van der Waals surface area contributed by atoms with Gasteiger partial charge in [-0.05, 0) is 43.3 Å². The molecular formula is C20H21N5O. The quantitative estimate of drug-likeness (QED) is 0.710. The van der Waals surface area contributed by atoms with Crippen LogP contribution >= 0.6 is 0 Å². The summed E-state index contributed by atoms with van der Waals surface area (Å²) in [6, 6.07) is 13.4. The lowest BCUT2D eigenvalue weighted by Gasteiger charge is -2.27. The lowest BCUT2D eigenvalue weighted by Crippen LogP contribution is -2.35. The minimum absolute atomic E-state index is 0.0660. The summed E-state index contributed by atoms with van der Waals surface area (Å²) < 4.78 is 0. The zero-order chi connectivity index (χ0) is 18.1. The fraction of sp³-hybridized carbons (Fsp3) is 0.250. The molecule has 0 bridgehead atoms. The number of nitrogens with one attached hydrogen (secondary N) is 1. The first-order valence-electron chi connectivity index (χ1n) is 8.71. The maximum Gasteiger partial charge on any atom is 0.255 e.